The number of hydrogen-bond donors (Lipinski definition) is 1. The molecule has 6 nitrogen and oxygen atoms in total. The molecule has 3 heterocycles. The van der Waals surface area contributed by atoms with E-state index in [2.05, 4.69) is 33.9 Å². The van der Waals surface area contributed by atoms with Crippen molar-refractivity contribution in [2.45, 2.75) is 46.1 Å². The molecule has 8 heteroatoms. The van der Waals surface area contributed by atoms with Gasteiger partial charge in [0, 0.05) is 39.9 Å². The summed E-state index contributed by atoms with van der Waals surface area (Å²) in [4.78, 5) is 19.0. The Morgan fingerprint density at radius 3 is 2.71 bits per heavy atom. The molecule has 5 rings (SSSR count). The number of rotatable bonds is 4. The van der Waals surface area contributed by atoms with Crippen LogP contribution in [-0.2, 0) is 10.3 Å². The van der Waals surface area contributed by atoms with Gasteiger partial charge >= 0.3 is 0 Å². The minimum atomic E-state index is -0.541. The van der Waals surface area contributed by atoms with Gasteiger partial charge in [-0.25, -0.2) is 0 Å². The van der Waals surface area contributed by atoms with Gasteiger partial charge < -0.3 is 5.32 Å². The van der Waals surface area contributed by atoms with E-state index in [0.29, 0.717) is 18.0 Å². The highest BCUT2D eigenvalue weighted by Gasteiger charge is 2.61. The van der Waals surface area contributed by atoms with E-state index in [9.17, 15) is 4.79 Å². The van der Waals surface area contributed by atoms with Crippen molar-refractivity contribution >= 4 is 34.6 Å². The number of aryl methyl sites for hydroxylation is 2. The van der Waals surface area contributed by atoms with Crippen molar-refractivity contribution in [3.05, 3.63) is 62.5 Å². The number of halogens is 1. The van der Waals surface area contributed by atoms with Gasteiger partial charge in [-0.3, -0.25) is 14.4 Å². The minimum Gasteiger partial charge on any atom is -0.356 e. The summed E-state index contributed by atoms with van der Waals surface area (Å²) in [7, 11) is 0. The Bertz CT molecular complexity index is 1230. The molecule has 1 aliphatic carbocycles. The fourth-order valence-electron chi connectivity index (χ4n) is 4.51. The molecule has 2 atom stereocenters. The standard InChI is InChI=1S/C23H24ClN5OS/c1-5-25-18(30)10-16-11-23(16)22-28-27-14(4)29(22)21-19(12(2)13(3)31-21)20(26-23)15-6-8-17(24)9-7-15/h6-9,16H,5,10-11H2,1-4H3,(H,25,30)/t16-,23-/m0/s1. The van der Waals surface area contributed by atoms with Crippen molar-refractivity contribution in [1.29, 1.82) is 0 Å². The number of fused-ring (bicyclic) bond motifs is 4. The number of aromatic nitrogens is 3. The van der Waals surface area contributed by atoms with E-state index >= 15 is 0 Å². The fourth-order valence-corrected chi connectivity index (χ4v) is 5.85. The first-order valence-corrected chi connectivity index (χ1v) is 11.7. The summed E-state index contributed by atoms with van der Waals surface area (Å²) < 4.78 is 2.16. The third-order valence-electron chi connectivity index (χ3n) is 6.33. The van der Waals surface area contributed by atoms with E-state index in [4.69, 9.17) is 16.6 Å². The quantitative estimate of drug-likeness (QED) is 0.632. The number of aliphatic imine (C=N–C) groups is 1. The van der Waals surface area contributed by atoms with Gasteiger partial charge in [-0.2, -0.15) is 0 Å². The maximum absolute atomic E-state index is 12.4. The monoisotopic (exact) mass is 453 g/mol. The SMILES string of the molecule is CCNC(=O)C[C@H]1C[C@]12N=C(c1ccc(Cl)cc1)c1c(sc(C)c1C)-n1c(C)nnc12. The molecule has 2 aliphatic rings. The molecule has 1 fully saturated rings. The largest absolute Gasteiger partial charge is 0.356 e. The highest BCUT2D eigenvalue weighted by atomic mass is 35.5. The summed E-state index contributed by atoms with van der Waals surface area (Å²) in [5.41, 5.74) is 3.75. The molecule has 0 radical (unpaired) electrons. The van der Waals surface area contributed by atoms with Gasteiger partial charge in [0.25, 0.3) is 0 Å². The number of carbonyl (C=O) groups is 1. The van der Waals surface area contributed by atoms with E-state index in [-0.39, 0.29) is 11.8 Å². The van der Waals surface area contributed by atoms with E-state index in [1.165, 1.54) is 10.4 Å². The predicted molar refractivity (Wildman–Crippen MR) is 124 cm³/mol. The zero-order valence-electron chi connectivity index (χ0n) is 18.0. The average molecular weight is 454 g/mol. The number of benzene rings is 1. The topological polar surface area (TPSA) is 72.2 Å². The second-order valence-electron chi connectivity index (χ2n) is 8.32. The molecule has 1 aliphatic heterocycles. The second kappa shape index (κ2) is 7.28. The van der Waals surface area contributed by atoms with E-state index in [0.717, 1.165) is 39.9 Å². The van der Waals surface area contributed by atoms with Crippen LogP contribution in [0.2, 0.25) is 5.02 Å². The van der Waals surface area contributed by atoms with Crippen LogP contribution in [0.5, 0.6) is 0 Å². The summed E-state index contributed by atoms with van der Waals surface area (Å²) in [5, 5.41) is 13.7. The third kappa shape index (κ3) is 3.13. The van der Waals surface area contributed by atoms with Crippen molar-refractivity contribution < 1.29 is 4.79 Å². The zero-order valence-corrected chi connectivity index (χ0v) is 19.6. The van der Waals surface area contributed by atoms with Gasteiger partial charge in [-0.05, 0) is 51.8 Å². The van der Waals surface area contributed by atoms with E-state index in [1.54, 1.807) is 11.3 Å². The van der Waals surface area contributed by atoms with Crippen LogP contribution in [0.4, 0.5) is 0 Å². The first-order valence-electron chi connectivity index (χ1n) is 10.5. The number of nitrogens with zero attached hydrogens (tertiary/aromatic N) is 4. The van der Waals surface area contributed by atoms with Crippen LogP contribution in [0, 0.1) is 26.7 Å². The lowest BCUT2D eigenvalue weighted by molar-refractivity contribution is -0.121. The van der Waals surface area contributed by atoms with Gasteiger partial charge in [0.15, 0.2) is 5.82 Å². The van der Waals surface area contributed by atoms with E-state index in [1.807, 2.05) is 38.1 Å². The van der Waals surface area contributed by atoms with Crippen LogP contribution < -0.4 is 5.32 Å². The minimum absolute atomic E-state index is 0.0569. The molecule has 1 aromatic carbocycles. The van der Waals surface area contributed by atoms with Crippen LogP contribution in [0.15, 0.2) is 29.3 Å². The predicted octanol–water partition coefficient (Wildman–Crippen LogP) is 4.50. The first kappa shape index (κ1) is 20.4. The maximum Gasteiger partial charge on any atom is 0.220 e. The summed E-state index contributed by atoms with van der Waals surface area (Å²) in [6.07, 6.45) is 1.22. The lowest BCUT2D eigenvalue weighted by Crippen LogP contribution is -2.24. The second-order valence-corrected chi connectivity index (χ2v) is 9.96. The van der Waals surface area contributed by atoms with Crippen molar-refractivity contribution in [2.75, 3.05) is 6.54 Å². The average Bonchev–Trinajstić information content (AvgIpc) is 3.17. The lowest BCUT2D eigenvalue weighted by atomic mass is 9.99. The van der Waals surface area contributed by atoms with Gasteiger partial charge in [0.1, 0.15) is 16.4 Å². The van der Waals surface area contributed by atoms with Gasteiger partial charge in [0.2, 0.25) is 5.91 Å². The van der Waals surface area contributed by atoms with Crippen molar-refractivity contribution in [1.82, 2.24) is 20.1 Å². The normalized spacial score (nSPS) is 21.3. The Balaban J connectivity index is 1.73. The molecule has 1 spiro atoms. The molecule has 2 aromatic heterocycles. The maximum atomic E-state index is 12.4. The number of carbonyl (C=O) groups excluding carboxylic acids is 1. The Morgan fingerprint density at radius 1 is 1.26 bits per heavy atom. The summed E-state index contributed by atoms with van der Waals surface area (Å²) >= 11 is 7.91. The smallest absolute Gasteiger partial charge is 0.220 e. The van der Waals surface area contributed by atoms with Crippen molar-refractivity contribution in [3.8, 4) is 5.00 Å². The van der Waals surface area contributed by atoms with Crippen LogP contribution in [0.1, 0.15) is 53.0 Å². The van der Waals surface area contributed by atoms with Crippen LogP contribution in [-0.4, -0.2) is 32.9 Å². The number of hydrogen-bond acceptors (Lipinski definition) is 5. The van der Waals surface area contributed by atoms with Crippen LogP contribution >= 0.6 is 22.9 Å². The fraction of sp³-hybridized carbons (Fsp3) is 0.391. The van der Waals surface area contributed by atoms with E-state index < -0.39 is 5.54 Å². The molecule has 0 bridgehead atoms. The first-order chi connectivity index (χ1) is 14.9. The number of amides is 1. The van der Waals surface area contributed by atoms with Gasteiger partial charge in [-0.1, -0.05) is 23.7 Å². The highest BCUT2D eigenvalue weighted by Crippen LogP contribution is 2.59. The molecule has 3 aromatic rings. The Hall–Kier alpha value is -2.51. The van der Waals surface area contributed by atoms with Gasteiger partial charge in [0.05, 0.1) is 5.71 Å². The lowest BCUT2D eigenvalue weighted by Gasteiger charge is -2.13. The zero-order chi connectivity index (χ0) is 21.9. The molecule has 1 saturated carbocycles. The van der Waals surface area contributed by atoms with Crippen LogP contribution in [0.25, 0.3) is 5.00 Å². The molecular formula is C23H24ClN5OS. The molecule has 1 amide bonds. The highest BCUT2D eigenvalue weighted by molar-refractivity contribution is 7.15. The Labute approximate surface area is 190 Å². The molecular weight excluding hydrogens is 430 g/mol. The van der Waals surface area contributed by atoms with Gasteiger partial charge in [-0.15, -0.1) is 21.5 Å². The molecule has 0 unspecified atom stereocenters. The molecule has 160 valence electrons. The number of thiophene rings is 1. The summed E-state index contributed by atoms with van der Waals surface area (Å²) in [5.74, 6) is 1.83. The number of nitrogens with one attached hydrogen (secondary N) is 1. The molecule has 1 N–H and O–H groups in total. The van der Waals surface area contributed by atoms with Crippen molar-refractivity contribution in [2.24, 2.45) is 10.9 Å². The summed E-state index contributed by atoms with van der Waals surface area (Å²) in [6, 6.07) is 7.84. The molecule has 31 heavy (non-hydrogen) atoms. The summed E-state index contributed by atoms with van der Waals surface area (Å²) in [6.45, 7) is 8.83. The third-order valence-corrected chi connectivity index (χ3v) is 7.77. The Morgan fingerprint density at radius 2 is 2.00 bits per heavy atom. The van der Waals surface area contributed by atoms with Crippen molar-refractivity contribution in [3.63, 3.8) is 0 Å². The van der Waals surface area contributed by atoms with Crippen LogP contribution in [0.3, 0.4) is 0 Å². The Kier molecular flexibility index (Phi) is 4.79. The molecule has 0 saturated heterocycles.